The van der Waals surface area contributed by atoms with Crippen molar-refractivity contribution in [3.05, 3.63) is 60.8 Å². The van der Waals surface area contributed by atoms with Gasteiger partial charge in [-0.2, -0.15) is 0 Å². The molecule has 298 valence electrons. The molecule has 52 heavy (non-hydrogen) atoms. The first-order chi connectivity index (χ1) is 25.5. The number of carbonyl (C=O) groups excluding carboxylic acids is 3. The summed E-state index contributed by atoms with van der Waals surface area (Å²) in [5, 5.41) is 0. The molecule has 0 spiro atoms. The van der Waals surface area contributed by atoms with Gasteiger partial charge in [-0.15, -0.1) is 0 Å². The van der Waals surface area contributed by atoms with E-state index >= 15 is 0 Å². The Hall–Kier alpha value is -2.89. The largest absolute Gasteiger partial charge is 0.462 e. The summed E-state index contributed by atoms with van der Waals surface area (Å²) in [6.45, 7) is 6.37. The molecule has 6 nitrogen and oxygen atoms in total. The number of unbranched alkanes of at least 4 members (excludes halogenated alkanes) is 17. The monoisotopic (exact) mass is 727 g/mol. The molecular formula is C46H78O6. The zero-order valence-corrected chi connectivity index (χ0v) is 33.8. The van der Waals surface area contributed by atoms with E-state index in [1.165, 1.54) is 70.6 Å². The summed E-state index contributed by atoms with van der Waals surface area (Å²) in [6, 6.07) is 0. The molecule has 0 saturated carbocycles. The molecule has 1 atom stereocenters. The van der Waals surface area contributed by atoms with Crippen LogP contribution in [0.5, 0.6) is 0 Å². The number of ether oxygens (including phenoxy) is 3. The predicted molar refractivity (Wildman–Crippen MR) is 219 cm³/mol. The molecular weight excluding hydrogens is 648 g/mol. The number of allylic oxidation sites excluding steroid dienone is 10. The van der Waals surface area contributed by atoms with E-state index in [2.05, 4.69) is 81.5 Å². The smallest absolute Gasteiger partial charge is 0.306 e. The van der Waals surface area contributed by atoms with Gasteiger partial charge in [0.05, 0.1) is 0 Å². The summed E-state index contributed by atoms with van der Waals surface area (Å²) in [6.07, 6.45) is 47.8. The van der Waals surface area contributed by atoms with Gasteiger partial charge in [-0.1, -0.05) is 171 Å². The molecule has 0 aliphatic carbocycles. The number of esters is 3. The van der Waals surface area contributed by atoms with Crippen molar-refractivity contribution in [1.29, 1.82) is 0 Å². The van der Waals surface area contributed by atoms with E-state index in [4.69, 9.17) is 14.2 Å². The topological polar surface area (TPSA) is 78.9 Å². The minimum Gasteiger partial charge on any atom is -0.462 e. The van der Waals surface area contributed by atoms with Crippen molar-refractivity contribution in [2.75, 3.05) is 13.2 Å². The minimum atomic E-state index is -0.805. The van der Waals surface area contributed by atoms with Crippen LogP contribution in [0.2, 0.25) is 0 Å². The summed E-state index contributed by atoms with van der Waals surface area (Å²) in [5.41, 5.74) is 0. The summed E-state index contributed by atoms with van der Waals surface area (Å²) in [5.74, 6) is -0.994. The molecule has 0 heterocycles. The van der Waals surface area contributed by atoms with E-state index in [0.717, 1.165) is 77.0 Å². The molecule has 0 aliphatic rings. The first kappa shape index (κ1) is 49.1. The molecule has 0 aliphatic heterocycles. The lowest BCUT2D eigenvalue weighted by Crippen LogP contribution is -2.30. The van der Waals surface area contributed by atoms with Crippen LogP contribution in [-0.4, -0.2) is 37.2 Å². The van der Waals surface area contributed by atoms with Crippen LogP contribution in [0.4, 0.5) is 0 Å². The standard InChI is InChI=1S/C46H78O6/c1-4-7-10-13-16-19-22-25-27-30-33-36-39-45(48)51-42-43(52-46(49)40-37-34-31-28-24-21-18-15-12-9-6-3)41-50-44(47)38-35-32-29-26-23-20-17-14-11-8-5-2/h9,12,14,17-18,20-21,23,28,31,43H,4-8,10-11,13,15-16,19,22,24-27,29-30,32-42H2,1-3H3/b12-9-,17-14-,21-18-,23-20-,31-28-. The maximum Gasteiger partial charge on any atom is 0.306 e. The van der Waals surface area contributed by atoms with Crippen LogP contribution in [0.1, 0.15) is 194 Å². The molecule has 0 aromatic rings. The Morgan fingerprint density at radius 2 is 0.846 bits per heavy atom. The first-order valence-corrected chi connectivity index (χ1v) is 21.3. The van der Waals surface area contributed by atoms with Crippen LogP contribution >= 0.6 is 0 Å². The van der Waals surface area contributed by atoms with E-state index in [0.29, 0.717) is 19.3 Å². The summed E-state index contributed by atoms with van der Waals surface area (Å²) < 4.78 is 16.6. The second-order valence-electron chi connectivity index (χ2n) is 13.9. The van der Waals surface area contributed by atoms with E-state index < -0.39 is 6.10 Å². The molecule has 0 rings (SSSR count). The molecule has 0 aromatic carbocycles. The molecule has 1 unspecified atom stereocenters. The summed E-state index contributed by atoms with van der Waals surface area (Å²) >= 11 is 0. The highest BCUT2D eigenvalue weighted by Gasteiger charge is 2.19. The van der Waals surface area contributed by atoms with Crippen LogP contribution in [0.25, 0.3) is 0 Å². The second kappa shape index (κ2) is 40.9. The Kier molecular flexibility index (Phi) is 38.6. The first-order valence-electron chi connectivity index (χ1n) is 21.3. The normalized spacial score (nSPS) is 12.6. The Morgan fingerprint density at radius 3 is 1.38 bits per heavy atom. The quantitative estimate of drug-likeness (QED) is 0.0208. The maximum absolute atomic E-state index is 12.6. The van der Waals surface area contributed by atoms with Crippen LogP contribution in [0, 0.1) is 0 Å². The van der Waals surface area contributed by atoms with Crippen molar-refractivity contribution >= 4 is 17.9 Å². The molecule has 0 radical (unpaired) electrons. The van der Waals surface area contributed by atoms with Gasteiger partial charge in [0.25, 0.3) is 0 Å². The van der Waals surface area contributed by atoms with E-state index in [-0.39, 0.29) is 37.5 Å². The van der Waals surface area contributed by atoms with Crippen LogP contribution in [-0.2, 0) is 28.6 Å². The zero-order valence-electron chi connectivity index (χ0n) is 33.8. The predicted octanol–water partition coefficient (Wildman–Crippen LogP) is 13.4. The van der Waals surface area contributed by atoms with E-state index in [1.54, 1.807) is 0 Å². The number of hydrogen-bond acceptors (Lipinski definition) is 6. The van der Waals surface area contributed by atoms with Crippen molar-refractivity contribution in [2.24, 2.45) is 0 Å². The highest BCUT2D eigenvalue weighted by Crippen LogP contribution is 2.13. The van der Waals surface area contributed by atoms with Crippen molar-refractivity contribution < 1.29 is 28.6 Å². The fraction of sp³-hybridized carbons (Fsp3) is 0.717. The van der Waals surface area contributed by atoms with Gasteiger partial charge in [0.15, 0.2) is 6.10 Å². The van der Waals surface area contributed by atoms with Crippen LogP contribution in [0.3, 0.4) is 0 Å². The summed E-state index contributed by atoms with van der Waals surface area (Å²) in [4.78, 5) is 37.5. The van der Waals surface area contributed by atoms with Crippen LogP contribution < -0.4 is 0 Å². The van der Waals surface area contributed by atoms with Gasteiger partial charge in [-0.25, -0.2) is 0 Å². The molecule has 0 aromatic heterocycles. The fourth-order valence-corrected chi connectivity index (χ4v) is 5.56. The molecule has 0 N–H and O–H groups in total. The summed E-state index contributed by atoms with van der Waals surface area (Å²) in [7, 11) is 0. The molecule has 0 amide bonds. The SMILES string of the molecule is CC/C=C\C/C=C\C/C=C\CCCC(=O)OC(COC(=O)CCCCC/C=C\C=C/CCCC)COC(=O)CCCCCCCCCCCCCC. The van der Waals surface area contributed by atoms with Gasteiger partial charge in [-0.05, 0) is 64.2 Å². The van der Waals surface area contributed by atoms with Gasteiger partial charge < -0.3 is 14.2 Å². The molecule has 0 fully saturated rings. The molecule has 0 bridgehead atoms. The van der Waals surface area contributed by atoms with Gasteiger partial charge >= 0.3 is 17.9 Å². The van der Waals surface area contributed by atoms with Crippen LogP contribution in [0.15, 0.2) is 60.8 Å². The number of carbonyl (C=O) groups is 3. The third-order valence-corrected chi connectivity index (χ3v) is 8.78. The van der Waals surface area contributed by atoms with Crippen molar-refractivity contribution in [3.8, 4) is 0 Å². The lowest BCUT2D eigenvalue weighted by molar-refractivity contribution is -0.167. The third kappa shape index (κ3) is 38.3. The average molecular weight is 727 g/mol. The molecule has 0 saturated heterocycles. The van der Waals surface area contributed by atoms with Crippen molar-refractivity contribution in [2.45, 2.75) is 200 Å². The van der Waals surface area contributed by atoms with Gasteiger partial charge in [-0.3, -0.25) is 14.4 Å². The van der Waals surface area contributed by atoms with E-state index in [9.17, 15) is 14.4 Å². The Labute approximate surface area is 320 Å². The average Bonchev–Trinajstić information content (AvgIpc) is 3.14. The Bertz CT molecular complexity index is 975. The second-order valence-corrected chi connectivity index (χ2v) is 13.9. The van der Waals surface area contributed by atoms with E-state index in [1.807, 2.05) is 0 Å². The van der Waals surface area contributed by atoms with Gasteiger partial charge in [0.2, 0.25) is 0 Å². The Balaban J connectivity index is 4.48. The van der Waals surface area contributed by atoms with Crippen molar-refractivity contribution in [1.82, 2.24) is 0 Å². The lowest BCUT2D eigenvalue weighted by Gasteiger charge is -2.18. The van der Waals surface area contributed by atoms with Gasteiger partial charge in [0, 0.05) is 19.3 Å². The molecule has 6 heteroatoms. The number of rotatable bonds is 37. The third-order valence-electron chi connectivity index (χ3n) is 8.78. The fourth-order valence-electron chi connectivity index (χ4n) is 5.56. The highest BCUT2D eigenvalue weighted by molar-refractivity contribution is 5.71. The number of hydrogen-bond donors (Lipinski definition) is 0. The van der Waals surface area contributed by atoms with Crippen molar-refractivity contribution in [3.63, 3.8) is 0 Å². The Morgan fingerprint density at radius 1 is 0.423 bits per heavy atom. The maximum atomic E-state index is 12.6. The minimum absolute atomic E-state index is 0.102. The highest BCUT2D eigenvalue weighted by atomic mass is 16.6. The zero-order chi connectivity index (χ0) is 38.0. The van der Waals surface area contributed by atoms with Gasteiger partial charge in [0.1, 0.15) is 13.2 Å². The lowest BCUT2D eigenvalue weighted by atomic mass is 10.0.